The van der Waals surface area contributed by atoms with E-state index in [0.29, 0.717) is 16.9 Å². The second kappa shape index (κ2) is 4.95. The molecule has 0 saturated carbocycles. The van der Waals surface area contributed by atoms with Crippen molar-refractivity contribution >= 4 is 27.8 Å². The van der Waals surface area contributed by atoms with Gasteiger partial charge in [0.2, 0.25) is 0 Å². The van der Waals surface area contributed by atoms with Crippen LogP contribution in [0.15, 0.2) is 18.2 Å². The van der Waals surface area contributed by atoms with Gasteiger partial charge in [-0.3, -0.25) is 4.18 Å². The average molecular weight is 244 g/mol. The van der Waals surface area contributed by atoms with E-state index in [1.807, 2.05) is 0 Å². The highest BCUT2D eigenvalue weighted by atomic mass is 32.2. The lowest BCUT2D eigenvalue weighted by Gasteiger charge is -2.05. The van der Waals surface area contributed by atoms with Gasteiger partial charge in [-0.15, -0.1) is 0 Å². The molecule has 0 aliphatic carbocycles. The second-order valence-corrected chi connectivity index (χ2v) is 4.85. The molecule has 0 atom stereocenters. The SMILES string of the molecule is Nc1cc(N)cc(COS(=O)(=O)CC=O)c1. The quantitative estimate of drug-likeness (QED) is 0.424. The zero-order valence-corrected chi connectivity index (χ0v) is 9.24. The fraction of sp³-hybridized carbons (Fsp3) is 0.222. The summed E-state index contributed by atoms with van der Waals surface area (Å²) in [5.41, 5.74) is 12.4. The molecule has 88 valence electrons. The van der Waals surface area contributed by atoms with Crippen LogP contribution in [0.5, 0.6) is 0 Å². The summed E-state index contributed by atoms with van der Waals surface area (Å²) in [5.74, 6) is -0.662. The summed E-state index contributed by atoms with van der Waals surface area (Å²) in [7, 11) is -3.81. The molecule has 0 bridgehead atoms. The number of nitrogens with two attached hydrogens (primary N) is 2. The third-order valence-electron chi connectivity index (χ3n) is 1.71. The van der Waals surface area contributed by atoms with Crippen LogP contribution in [0, 0.1) is 0 Å². The molecule has 0 spiro atoms. The van der Waals surface area contributed by atoms with Crippen LogP contribution in [0.3, 0.4) is 0 Å². The van der Waals surface area contributed by atoms with Crippen molar-refractivity contribution < 1.29 is 17.4 Å². The summed E-state index contributed by atoms with van der Waals surface area (Å²) in [5, 5.41) is 0. The summed E-state index contributed by atoms with van der Waals surface area (Å²) in [6.45, 7) is -0.189. The van der Waals surface area contributed by atoms with Gasteiger partial charge in [0.15, 0.2) is 0 Å². The average Bonchev–Trinajstić information content (AvgIpc) is 2.13. The highest BCUT2D eigenvalue weighted by Crippen LogP contribution is 2.15. The van der Waals surface area contributed by atoms with Gasteiger partial charge in [0.25, 0.3) is 10.1 Å². The van der Waals surface area contributed by atoms with Gasteiger partial charge in [0, 0.05) is 11.4 Å². The maximum Gasteiger partial charge on any atom is 0.274 e. The Balaban J connectivity index is 2.71. The number of carbonyl (C=O) groups excluding carboxylic acids is 1. The number of rotatable bonds is 5. The minimum atomic E-state index is -3.81. The minimum Gasteiger partial charge on any atom is -0.399 e. The van der Waals surface area contributed by atoms with Crippen molar-refractivity contribution in [2.75, 3.05) is 17.2 Å². The fourth-order valence-electron chi connectivity index (χ4n) is 1.12. The molecule has 0 aliphatic rings. The molecule has 4 N–H and O–H groups in total. The first-order valence-electron chi connectivity index (χ1n) is 4.38. The molecule has 0 unspecified atom stereocenters. The minimum absolute atomic E-state index is 0.189. The number of anilines is 2. The van der Waals surface area contributed by atoms with Crippen LogP contribution in [0.25, 0.3) is 0 Å². The van der Waals surface area contributed by atoms with Crippen LogP contribution in [0.2, 0.25) is 0 Å². The van der Waals surface area contributed by atoms with E-state index in [1.165, 1.54) is 0 Å². The van der Waals surface area contributed by atoms with E-state index in [-0.39, 0.29) is 12.9 Å². The standard InChI is InChI=1S/C9H12N2O4S/c10-8-3-7(4-9(11)5-8)6-15-16(13,14)2-1-12/h1,3-5H,2,6,10-11H2. The number of nitrogen functional groups attached to an aromatic ring is 2. The lowest BCUT2D eigenvalue weighted by molar-refractivity contribution is -0.105. The van der Waals surface area contributed by atoms with Gasteiger partial charge in [0.1, 0.15) is 12.0 Å². The second-order valence-electron chi connectivity index (χ2n) is 3.16. The van der Waals surface area contributed by atoms with E-state index in [2.05, 4.69) is 4.18 Å². The molecular formula is C9H12N2O4S. The van der Waals surface area contributed by atoms with E-state index < -0.39 is 15.9 Å². The first-order valence-corrected chi connectivity index (χ1v) is 5.96. The highest BCUT2D eigenvalue weighted by molar-refractivity contribution is 7.87. The number of benzene rings is 1. The number of hydrogen-bond donors (Lipinski definition) is 2. The van der Waals surface area contributed by atoms with Crippen molar-refractivity contribution in [2.45, 2.75) is 6.61 Å². The summed E-state index contributed by atoms with van der Waals surface area (Å²) < 4.78 is 26.7. The van der Waals surface area contributed by atoms with Crippen molar-refractivity contribution in [3.05, 3.63) is 23.8 Å². The van der Waals surface area contributed by atoms with E-state index in [1.54, 1.807) is 18.2 Å². The summed E-state index contributed by atoms with van der Waals surface area (Å²) >= 11 is 0. The van der Waals surface area contributed by atoms with Gasteiger partial charge >= 0.3 is 0 Å². The molecule has 0 amide bonds. The lowest BCUT2D eigenvalue weighted by Crippen LogP contribution is -2.11. The summed E-state index contributed by atoms with van der Waals surface area (Å²) in [6, 6.07) is 4.64. The van der Waals surface area contributed by atoms with Crippen molar-refractivity contribution in [1.82, 2.24) is 0 Å². The van der Waals surface area contributed by atoms with Gasteiger partial charge in [-0.1, -0.05) is 0 Å². The molecule has 0 saturated heterocycles. The Morgan fingerprint density at radius 2 is 1.75 bits per heavy atom. The molecule has 0 fully saturated rings. The molecule has 1 rings (SSSR count). The topological polar surface area (TPSA) is 112 Å². The van der Waals surface area contributed by atoms with Crippen molar-refractivity contribution in [2.24, 2.45) is 0 Å². The van der Waals surface area contributed by atoms with Gasteiger partial charge in [0.05, 0.1) is 6.61 Å². The Hall–Kier alpha value is -1.60. The molecule has 0 aliphatic heterocycles. The van der Waals surface area contributed by atoms with Gasteiger partial charge in [-0.2, -0.15) is 8.42 Å². The first kappa shape index (κ1) is 12.5. The number of carbonyl (C=O) groups is 1. The van der Waals surface area contributed by atoms with Gasteiger partial charge in [-0.25, -0.2) is 0 Å². The summed E-state index contributed by atoms with van der Waals surface area (Å²) in [4.78, 5) is 10.0. The molecule has 0 radical (unpaired) electrons. The lowest BCUT2D eigenvalue weighted by atomic mass is 10.2. The Morgan fingerprint density at radius 1 is 1.19 bits per heavy atom. The molecule has 0 aromatic heterocycles. The maximum atomic E-state index is 11.1. The van der Waals surface area contributed by atoms with Crippen molar-refractivity contribution in [3.63, 3.8) is 0 Å². The van der Waals surface area contributed by atoms with E-state index in [9.17, 15) is 13.2 Å². The van der Waals surface area contributed by atoms with Crippen molar-refractivity contribution in [1.29, 1.82) is 0 Å². The Kier molecular flexibility index (Phi) is 3.86. The molecule has 1 aromatic rings. The highest BCUT2D eigenvalue weighted by Gasteiger charge is 2.10. The van der Waals surface area contributed by atoms with E-state index in [4.69, 9.17) is 11.5 Å². The molecule has 0 heterocycles. The van der Waals surface area contributed by atoms with Gasteiger partial charge in [-0.05, 0) is 23.8 Å². The molecule has 1 aromatic carbocycles. The largest absolute Gasteiger partial charge is 0.399 e. The molecule has 16 heavy (non-hydrogen) atoms. The zero-order valence-electron chi connectivity index (χ0n) is 8.42. The van der Waals surface area contributed by atoms with Crippen molar-refractivity contribution in [3.8, 4) is 0 Å². The molecule has 7 heteroatoms. The Bertz CT molecular complexity index is 464. The first-order chi connectivity index (χ1) is 7.43. The molecular weight excluding hydrogens is 232 g/mol. The number of aldehydes is 1. The normalized spacial score (nSPS) is 11.2. The predicted molar refractivity (Wildman–Crippen MR) is 59.9 cm³/mol. The van der Waals surface area contributed by atoms with Crippen LogP contribution in [0.4, 0.5) is 11.4 Å². The van der Waals surface area contributed by atoms with Crippen LogP contribution in [0.1, 0.15) is 5.56 Å². The maximum absolute atomic E-state index is 11.1. The Morgan fingerprint density at radius 3 is 2.25 bits per heavy atom. The van der Waals surface area contributed by atoms with E-state index in [0.717, 1.165) is 0 Å². The van der Waals surface area contributed by atoms with E-state index >= 15 is 0 Å². The fourth-order valence-corrected chi connectivity index (χ4v) is 1.70. The number of hydrogen-bond acceptors (Lipinski definition) is 6. The smallest absolute Gasteiger partial charge is 0.274 e. The monoisotopic (exact) mass is 244 g/mol. The molecule has 6 nitrogen and oxygen atoms in total. The third kappa shape index (κ3) is 3.87. The van der Waals surface area contributed by atoms with Crippen LogP contribution in [-0.2, 0) is 25.7 Å². The Labute approximate surface area is 93.3 Å². The van der Waals surface area contributed by atoms with Gasteiger partial charge < -0.3 is 16.3 Å². The van der Waals surface area contributed by atoms with Crippen LogP contribution in [-0.4, -0.2) is 20.5 Å². The van der Waals surface area contributed by atoms with Crippen LogP contribution >= 0.6 is 0 Å². The van der Waals surface area contributed by atoms with Crippen LogP contribution < -0.4 is 11.5 Å². The predicted octanol–water partition coefficient (Wildman–Crippen LogP) is -0.104. The zero-order chi connectivity index (χ0) is 12.2. The third-order valence-corrected chi connectivity index (χ3v) is 2.74. The summed E-state index contributed by atoms with van der Waals surface area (Å²) in [6.07, 6.45) is 0.267.